The Morgan fingerprint density at radius 3 is 2.58 bits per heavy atom. The number of nitrogens with zero attached hydrogens (tertiary/aromatic N) is 1. The summed E-state index contributed by atoms with van der Waals surface area (Å²) in [7, 11) is 6.33. The van der Waals surface area contributed by atoms with Gasteiger partial charge in [0.2, 0.25) is 0 Å². The Balaban J connectivity index is 2.20. The minimum Gasteiger partial charge on any atom is -0.430 e. The third kappa shape index (κ3) is 3.09. The van der Waals surface area contributed by atoms with Crippen LogP contribution in [0.25, 0.3) is 0 Å². The predicted molar refractivity (Wildman–Crippen MR) is 43.7 cm³/mol. The zero-order valence-electron chi connectivity index (χ0n) is 7.87. The SMILES string of the molecule is C[N+](C)(C)CCC1COC(=O)O1. The molecule has 1 saturated heterocycles. The van der Waals surface area contributed by atoms with Gasteiger partial charge in [-0.3, -0.25) is 0 Å². The summed E-state index contributed by atoms with van der Waals surface area (Å²) in [5, 5.41) is 0. The van der Waals surface area contributed by atoms with Crippen molar-refractivity contribution in [1.29, 1.82) is 0 Å². The van der Waals surface area contributed by atoms with E-state index in [4.69, 9.17) is 4.74 Å². The molecular weight excluding hydrogens is 158 g/mol. The summed E-state index contributed by atoms with van der Waals surface area (Å²) in [6, 6.07) is 0. The van der Waals surface area contributed by atoms with E-state index in [1.54, 1.807) is 0 Å². The number of carbonyl (C=O) groups excluding carboxylic acids is 1. The average Bonchev–Trinajstić information content (AvgIpc) is 2.30. The van der Waals surface area contributed by atoms with Crippen LogP contribution in [0, 0.1) is 0 Å². The standard InChI is InChI=1S/C8H16NO3/c1-9(2,3)5-4-7-6-11-8(10)12-7/h7H,4-6H2,1-3H3/q+1. The number of cyclic esters (lactones) is 2. The summed E-state index contributed by atoms with van der Waals surface area (Å²) < 4.78 is 10.4. The molecule has 1 unspecified atom stereocenters. The highest BCUT2D eigenvalue weighted by atomic mass is 16.8. The van der Waals surface area contributed by atoms with E-state index in [9.17, 15) is 4.79 Å². The van der Waals surface area contributed by atoms with Gasteiger partial charge in [-0.2, -0.15) is 0 Å². The van der Waals surface area contributed by atoms with Gasteiger partial charge in [0.15, 0.2) is 0 Å². The molecule has 1 fully saturated rings. The van der Waals surface area contributed by atoms with Crippen LogP contribution < -0.4 is 0 Å². The first-order valence-corrected chi connectivity index (χ1v) is 4.11. The zero-order valence-corrected chi connectivity index (χ0v) is 7.87. The molecule has 12 heavy (non-hydrogen) atoms. The van der Waals surface area contributed by atoms with Gasteiger partial charge in [0, 0.05) is 6.42 Å². The molecule has 1 rings (SSSR count). The molecule has 1 atom stereocenters. The highest BCUT2D eigenvalue weighted by molar-refractivity contribution is 5.61. The lowest BCUT2D eigenvalue weighted by atomic mass is 10.2. The van der Waals surface area contributed by atoms with Gasteiger partial charge in [0.1, 0.15) is 12.7 Å². The maximum atomic E-state index is 10.5. The smallest absolute Gasteiger partial charge is 0.430 e. The molecule has 1 aliphatic heterocycles. The van der Waals surface area contributed by atoms with Crippen molar-refractivity contribution in [1.82, 2.24) is 0 Å². The number of carbonyl (C=O) groups is 1. The summed E-state index contributed by atoms with van der Waals surface area (Å²) in [4.78, 5) is 10.5. The van der Waals surface area contributed by atoms with E-state index >= 15 is 0 Å². The van der Waals surface area contributed by atoms with Crippen molar-refractivity contribution < 1.29 is 18.8 Å². The Bertz CT molecular complexity index is 174. The van der Waals surface area contributed by atoms with Crippen molar-refractivity contribution in [3.8, 4) is 0 Å². The van der Waals surface area contributed by atoms with Gasteiger partial charge in [-0.05, 0) is 0 Å². The van der Waals surface area contributed by atoms with Crippen LogP contribution in [0.5, 0.6) is 0 Å². The Morgan fingerprint density at radius 1 is 1.50 bits per heavy atom. The molecule has 0 radical (unpaired) electrons. The van der Waals surface area contributed by atoms with Gasteiger partial charge in [-0.1, -0.05) is 0 Å². The van der Waals surface area contributed by atoms with E-state index in [2.05, 4.69) is 25.9 Å². The Labute approximate surface area is 72.6 Å². The first-order valence-electron chi connectivity index (χ1n) is 4.11. The van der Waals surface area contributed by atoms with Crippen molar-refractivity contribution in [2.75, 3.05) is 34.3 Å². The third-order valence-electron chi connectivity index (χ3n) is 1.77. The molecule has 70 valence electrons. The van der Waals surface area contributed by atoms with Crippen LogP contribution in [-0.2, 0) is 9.47 Å². The Hall–Kier alpha value is -0.770. The summed E-state index contributed by atoms with van der Waals surface area (Å²) in [5.74, 6) is 0. The van der Waals surface area contributed by atoms with Gasteiger partial charge < -0.3 is 14.0 Å². The first kappa shape index (κ1) is 9.32. The largest absolute Gasteiger partial charge is 0.508 e. The first-order chi connectivity index (χ1) is 5.47. The highest BCUT2D eigenvalue weighted by Gasteiger charge is 2.26. The van der Waals surface area contributed by atoms with Gasteiger partial charge in [0.25, 0.3) is 0 Å². The fourth-order valence-corrected chi connectivity index (χ4v) is 1.04. The zero-order chi connectivity index (χ0) is 9.19. The van der Waals surface area contributed by atoms with Crippen LogP contribution >= 0.6 is 0 Å². The molecule has 0 aromatic heterocycles. The number of ether oxygens (including phenoxy) is 2. The molecular formula is C8H16NO3+. The molecule has 4 heteroatoms. The average molecular weight is 174 g/mol. The molecule has 4 nitrogen and oxygen atoms in total. The van der Waals surface area contributed by atoms with Crippen molar-refractivity contribution in [2.45, 2.75) is 12.5 Å². The van der Waals surface area contributed by atoms with Crippen LogP contribution in [-0.4, -0.2) is 51.0 Å². The summed E-state index contributed by atoms with van der Waals surface area (Å²) >= 11 is 0. The Morgan fingerprint density at radius 2 is 2.17 bits per heavy atom. The summed E-state index contributed by atoms with van der Waals surface area (Å²) in [5.41, 5.74) is 0. The minimum absolute atomic E-state index is 0.0325. The predicted octanol–water partition coefficient (Wildman–Crippen LogP) is 0.618. The maximum Gasteiger partial charge on any atom is 0.508 e. The van der Waals surface area contributed by atoms with E-state index < -0.39 is 6.16 Å². The lowest BCUT2D eigenvalue weighted by molar-refractivity contribution is -0.870. The van der Waals surface area contributed by atoms with E-state index in [-0.39, 0.29) is 6.10 Å². The second-order valence-electron chi connectivity index (χ2n) is 4.10. The number of hydrogen-bond acceptors (Lipinski definition) is 3. The number of quaternary nitrogens is 1. The summed E-state index contributed by atoms with van der Waals surface area (Å²) in [6.45, 7) is 1.40. The van der Waals surface area contributed by atoms with Crippen LogP contribution in [0.15, 0.2) is 0 Å². The molecule has 0 aromatic rings. The van der Waals surface area contributed by atoms with Crippen molar-refractivity contribution in [3.05, 3.63) is 0 Å². The number of rotatable bonds is 3. The van der Waals surface area contributed by atoms with Gasteiger partial charge in [-0.15, -0.1) is 0 Å². The number of hydrogen-bond donors (Lipinski definition) is 0. The topological polar surface area (TPSA) is 35.5 Å². The van der Waals surface area contributed by atoms with E-state index in [1.165, 1.54) is 0 Å². The highest BCUT2D eigenvalue weighted by Crippen LogP contribution is 2.10. The molecule has 0 N–H and O–H groups in total. The van der Waals surface area contributed by atoms with Gasteiger partial charge in [0.05, 0.1) is 27.7 Å². The van der Waals surface area contributed by atoms with Crippen LogP contribution in [0.2, 0.25) is 0 Å². The molecule has 1 aliphatic rings. The summed E-state index contributed by atoms with van der Waals surface area (Å²) in [6.07, 6.45) is 0.311. The Kier molecular flexibility index (Phi) is 2.57. The normalized spacial score (nSPS) is 23.6. The fraction of sp³-hybridized carbons (Fsp3) is 0.875. The molecule has 0 aromatic carbocycles. The quantitative estimate of drug-likeness (QED) is 0.464. The van der Waals surface area contributed by atoms with Crippen molar-refractivity contribution in [2.24, 2.45) is 0 Å². The van der Waals surface area contributed by atoms with E-state index in [1.807, 2.05) is 0 Å². The van der Waals surface area contributed by atoms with E-state index in [0.717, 1.165) is 17.4 Å². The third-order valence-corrected chi connectivity index (χ3v) is 1.77. The second-order valence-corrected chi connectivity index (χ2v) is 4.10. The van der Waals surface area contributed by atoms with Gasteiger partial charge in [-0.25, -0.2) is 4.79 Å². The molecule has 0 spiro atoms. The lowest BCUT2D eigenvalue weighted by Crippen LogP contribution is -2.37. The minimum atomic E-state index is -0.526. The van der Waals surface area contributed by atoms with E-state index in [0.29, 0.717) is 6.61 Å². The molecule has 0 saturated carbocycles. The lowest BCUT2D eigenvalue weighted by Gasteiger charge is -2.24. The maximum absolute atomic E-state index is 10.5. The van der Waals surface area contributed by atoms with Crippen molar-refractivity contribution >= 4 is 6.16 Å². The van der Waals surface area contributed by atoms with Crippen LogP contribution in [0.3, 0.4) is 0 Å². The fourth-order valence-electron chi connectivity index (χ4n) is 1.04. The molecule has 0 amide bonds. The van der Waals surface area contributed by atoms with Crippen LogP contribution in [0.1, 0.15) is 6.42 Å². The molecule has 0 bridgehead atoms. The van der Waals surface area contributed by atoms with Crippen LogP contribution in [0.4, 0.5) is 4.79 Å². The second kappa shape index (κ2) is 3.31. The monoisotopic (exact) mass is 174 g/mol. The van der Waals surface area contributed by atoms with Gasteiger partial charge >= 0.3 is 6.16 Å². The molecule has 0 aliphatic carbocycles. The molecule has 1 heterocycles. The van der Waals surface area contributed by atoms with Crippen molar-refractivity contribution in [3.63, 3.8) is 0 Å².